The Morgan fingerprint density at radius 2 is 1.04 bits per heavy atom. The number of amides is 7. The fourth-order valence-corrected chi connectivity index (χ4v) is 8.37. The lowest BCUT2D eigenvalue weighted by molar-refractivity contribution is -0.138. The lowest BCUT2D eigenvalue weighted by Gasteiger charge is -2.28. The van der Waals surface area contributed by atoms with E-state index in [4.69, 9.17) is 14.6 Å². The Kier molecular flexibility index (Phi) is 23.1. The number of carboxylic acid groups (broad SMARTS) is 1. The maximum atomic E-state index is 14.7. The predicted octanol–water partition coefficient (Wildman–Crippen LogP) is 4.84. The van der Waals surface area contributed by atoms with E-state index in [9.17, 15) is 43.5 Å². The summed E-state index contributed by atoms with van der Waals surface area (Å²) in [5.41, 5.74) is 2.90. The van der Waals surface area contributed by atoms with Crippen molar-refractivity contribution >= 4 is 47.7 Å². The number of aliphatic carboxylic acids is 1. The number of hydrogen-bond donors (Lipinski definition) is 9. The average molecular weight is 1030 g/mol. The first-order chi connectivity index (χ1) is 35.9. The number of nitrogens with one attached hydrogen (secondary N) is 7. The van der Waals surface area contributed by atoms with E-state index in [2.05, 4.69) is 37.2 Å². The van der Waals surface area contributed by atoms with Crippen molar-refractivity contribution in [1.29, 1.82) is 0 Å². The van der Waals surface area contributed by atoms with Crippen LogP contribution >= 0.6 is 0 Å². The fourth-order valence-electron chi connectivity index (χ4n) is 8.37. The second kappa shape index (κ2) is 29.8. The van der Waals surface area contributed by atoms with Gasteiger partial charge in [-0.2, -0.15) is 0 Å². The molecule has 1 aliphatic rings. The Morgan fingerprint density at radius 3 is 1.59 bits per heavy atom. The minimum Gasteiger partial charge on any atom is -0.481 e. The van der Waals surface area contributed by atoms with Crippen molar-refractivity contribution in [2.45, 2.75) is 140 Å². The van der Waals surface area contributed by atoms with Crippen LogP contribution < -0.4 is 37.2 Å². The molecule has 4 aromatic carbocycles. The number of carboxylic acids is 1. The number of carbonyl (C=O) groups excluding carboxylic acids is 7. The van der Waals surface area contributed by atoms with Crippen LogP contribution in [0.4, 0.5) is 9.59 Å². The van der Waals surface area contributed by atoms with Gasteiger partial charge in [0.1, 0.15) is 36.4 Å². The van der Waals surface area contributed by atoms with Gasteiger partial charge < -0.3 is 56.9 Å². The van der Waals surface area contributed by atoms with Gasteiger partial charge in [-0.05, 0) is 87.1 Å². The number of fused-ring (bicyclic) bond motifs is 1. The molecule has 75 heavy (non-hydrogen) atoms. The Balaban J connectivity index is 1.34. The first kappa shape index (κ1) is 58.1. The summed E-state index contributed by atoms with van der Waals surface area (Å²) in [5, 5.41) is 39.4. The highest BCUT2D eigenvalue weighted by Crippen LogP contribution is 2.31. The van der Waals surface area contributed by atoms with E-state index >= 15 is 0 Å². The Morgan fingerprint density at radius 1 is 0.560 bits per heavy atom. The van der Waals surface area contributed by atoms with Gasteiger partial charge in [0.05, 0.1) is 18.6 Å². The van der Waals surface area contributed by atoms with Crippen molar-refractivity contribution in [2.24, 2.45) is 0 Å². The molecule has 7 amide bonds. The third-order valence-corrected chi connectivity index (χ3v) is 12.2. The lowest BCUT2D eigenvalue weighted by atomic mass is 10.0. The normalized spacial score (nSPS) is 15.3. The topological polar surface area (TPSA) is 280 Å². The van der Waals surface area contributed by atoms with Crippen molar-refractivity contribution in [2.75, 3.05) is 13.1 Å². The molecule has 402 valence electrons. The highest BCUT2D eigenvalue weighted by atomic mass is 16.6. The van der Waals surface area contributed by atoms with E-state index in [1.54, 1.807) is 81.4 Å². The van der Waals surface area contributed by atoms with Gasteiger partial charge in [0.2, 0.25) is 29.5 Å². The summed E-state index contributed by atoms with van der Waals surface area (Å²) in [6.45, 7) is 5.48. The maximum absolute atomic E-state index is 14.7. The third kappa shape index (κ3) is 20.9. The second-order valence-electron chi connectivity index (χ2n) is 19.4. The molecule has 0 bridgehead atoms. The van der Waals surface area contributed by atoms with E-state index in [1.807, 2.05) is 54.6 Å². The van der Waals surface area contributed by atoms with Crippen molar-refractivity contribution in [3.63, 3.8) is 0 Å². The van der Waals surface area contributed by atoms with Gasteiger partial charge in [-0.25, -0.2) is 9.59 Å². The van der Waals surface area contributed by atoms with Crippen LogP contribution in [-0.2, 0) is 64.1 Å². The van der Waals surface area contributed by atoms with E-state index in [0.29, 0.717) is 43.2 Å². The fraction of sp³-hybridized carbons (Fsp3) is 0.429. The molecule has 0 aliphatic heterocycles. The van der Waals surface area contributed by atoms with Gasteiger partial charge in [-0.1, -0.05) is 115 Å². The highest BCUT2D eigenvalue weighted by Gasteiger charge is 2.36. The number of carbonyl (C=O) groups is 8. The van der Waals surface area contributed by atoms with E-state index in [-0.39, 0.29) is 58.2 Å². The first-order valence-corrected chi connectivity index (χ1v) is 25.4. The molecule has 0 radical (unpaired) electrons. The van der Waals surface area contributed by atoms with Crippen LogP contribution in [-0.4, -0.2) is 107 Å². The molecule has 6 atom stereocenters. The summed E-state index contributed by atoms with van der Waals surface area (Å²) in [7, 11) is 0. The van der Waals surface area contributed by atoms with E-state index in [1.165, 1.54) is 0 Å². The van der Waals surface area contributed by atoms with E-state index in [0.717, 1.165) is 16.7 Å². The van der Waals surface area contributed by atoms with Crippen LogP contribution in [0, 0.1) is 0 Å². The number of ether oxygens (including phenoxy) is 2. The molecule has 4 aromatic rings. The van der Waals surface area contributed by atoms with Crippen molar-refractivity contribution in [3.8, 4) is 0 Å². The van der Waals surface area contributed by atoms with Crippen LogP contribution in [0.3, 0.4) is 0 Å². The summed E-state index contributed by atoms with van der Waals surface area (Å²) in [6.07, 6.45) is -0.983. The average Bonchev–Trinajstić information content (AvgIpc) is 3.69. The number of alkyl carbamates (subject to hydrolysis) is 2. The summed E-state index contributed by atoms with van der Waals surface area (Å²) in [6, 6.07) is 28.7. The van der Waals surface area contributed by atoms with Gasteiger partial charge in [-0.15, -0.1) is 0 Å². The molecule has 0 saturated heterocycles. The molecule has 0 fully saturated rings. The van der Waals surface area contributed by atoms with Crippen molar-refractivity contribution in [1.82, 2.24) is 37.2 Å². The largest absolute Gasteiger partial charge is 0.481 e. The van der Waals surface area contributed by atoms with Gasteiger partial charge in [0, 0.05) is 38.8 Å². The summed E-state index contributed by atoms with van der Waals surface area (Å²) >= 11 is 0. The molecule has 0 unspecified atom stereocenters. The first-order valence-electron chi connectivity index (χ1n) is 25.4. The molecule has 1 aliphatic carbocycles. The number of aliphatic hydroxyl groups is 1. The molecule has 0 heterocycles. The predicted molar refractivity (Wildman–Crippen MR) is 278 cm³/mol. The van der Waals surface area contributed by atoms with Crippen LogP contribution in [0.1, 0.15) is 106 Å². The van der Waals surface area contributed by atoms with Gasteiger partial charge >= 0.3 is 18.2 Å². The van der Waals surface area contributed by atoms with Crippen LogP contribution in [0.5, 0.6) is 0 Å². The zero-order valence-corrected chi connectivity index (χ0v) is 42.8. The summed E-state index contributed by atoms with van der Waals surface area (Å²) in [5.74, 6) is -4.27. The number of benzene rings is 4. The standard InChI is InChI=1S/C56H71N7O12/c1-56(2,3)75-55(73)62-43(28-15-17-31-57-47(65)29-30-48(66)67)50(68)60-45(34-38-21-9-5-10-22-38)53(71)61-44(33-37-19-7-4-8-20-37)52(70)59-42(51(69)63-49-41-26-14-13-25-40(41)35-46(49)64)27-16-18-32-58-54(72)74-36-39-23-11-6-12-24-39/h4-14,19-26,42-46,49,64H,15-18,27-36H2,1-3H3,(H,57,65)(H,58,72)(H,59,70)(H,60,68)(H,61,71)(H,62,73)(H,63,69)(H,66,67)/t42-,43-,44-,45-,46+,49-/m0/s1. The SMILES string of the molecule is CC(C)(C)OC(=O)N[C@@H](CCCCNC(=O)CCC(=O)O)C(=O)N[C@@H](Cc1ccccc1)C(=O)N[C@@H](Cc1ccccc1)C(=O)N[C@@H](CCCCNC(=O)OCc1ccccc1)C(=O)N[C@H]1c2ccccc2C[C@H]1O. The molecule has 9 N–H and O–H groups in total. The maximum Gasteiger partial charge on any atom is 0.408 e. The smallest absolute Gasteiger partial charge is 0.408 e. The Hall–Kier alpha value is -7.80. The monoisotopic (exact) mass is 1030 g/mol. The van der Waals surface area contributed by atoms with E-state index < -0.39 is 89.6 Å². The number of aliphatic hydroxyl groups excluding tert-OH is 1. The highest BCUT2D eigenvalue weighted by molar-refractivity contribution is 5.95. The van der Waals surface area contributed by atoms with Gasteiger partial charge in [-0.3, -0.25) is 28.8 Å². The Bertz CT molecular complexity index is 2510. The van der Waals surface area contributed by atoms with Crippen LogP contribution in [0.25, 0.3) is 0 Å². The number of hydrogen-bond acceptors (Lipinski definition) is 11. The quantitative estimate of drug-likeness (QED) is 0.0346. The minimum absolute atomic E-state index is 0.0157. The second-order valence-corrected chi connectivity index (χ2v) is 19.4. The molecular weight excluding hydrogens is 963 g/mol. The summed E-state index contributed by atoms with van der Waals surface area (Å²) < 4.78 is 10.8. The van der Waals surface area contributed by atoms with Crippen LogP contribution in [0.2, 0.25) is 0 Å². The number of unbranched alkanes of at least 4 members (excludes halogenated alkanes) is 2. The zero-order chi connectivity index (χ0) is 54.2. The third-order valence-electron chi connectivity index (χ3n) is 12.2. The molecule has 0 aromatic heterocycles. The van der Waals surface area contributed by atoms with Gasteiger partial charge in [0.25, 0.3) is 0 Å². The molecule has 5 rings (SSSR count). The Labute approximate surface area is 437 Å². The minimum atomic E-state index is -1.29. The van der Waals surface area contributed by atoms with Gasteiger partial charge in [0.15, 0.2) is 0 Å². The van der Waals surface area contributed by atoms with Crippen LogP contribution in [0.15, 0.2) is 115 Å². The summed E-state index contributed by atoms with van der Waals surface area (Å²) in [4.78, 5) is 106. The molecule has 19 nitrogen and oxygen atoms in total. The van der Waals surface area contributed by atoms with Crippen molar-refractivity contribution in [3.05, 3.63) is 143 Å². The molecule has 19 heteroatoms. The number of rotatable bonds is 28. The molecule has 0 spiro atoms. The molecule has 0 saturated carbocycles. The van der Waals surface area contributed by atoms with Crippen molar-refractivity contribution < 1.29 is 58.0 Å². The lowest BCUT2D eigenvalue weighted by Crippen LogP contribution is -2.59. The zero-order valence-electron chi connectivity index (χ0n) is 42.8. The molecular formula is C56H71N7O12.